The van der Waals surface area contributed by atoms with Crippen LogP contribution in [0.25, 0.3) is 11.0 Å². The number of amides is 4. The molecule has 1 atom stereocenters. The topological polar surface area (TPSA) is 173 Å². The van der Waals surface area contributed by atoms with Crippen LogP contribution in [0.3, 0.4) is 0 Å². The first-order chi connectivity index (χ1) is 32.1. The number of ketones is 1. The summed E-state index contributed by atoms with van der Waals surface area (Å²) in [7, 11) is 0. The first-order valence-electron chi connectivity index (χ1n) is 22.1. The Kier molecular flexibility index (Phi) is 11.7. The third-order valence-electron chi connectivity index (χ3n) is 13.1. The van der Waals surface area contributed by atoms with Crippen LogP contribution < -0.4 is 25.2 Å². The number of nitrogens with one attached hydrogen (secondary N) is 3. The fourth-order valence-electron chi connectivity index (χ4n) is 9.44. The van der Waals surface area contributed by atoms with Crippen molar-refractivity contribution in [1.82, 2.24) is 30.1 Å². The molecule has 2 aromatic heterocycles. The van der Waals surface area contributed by atoms with E-state index in [1.165, 1.54) is 12.4 Å². The number of piperazine rings is 1. The summed E-state index contributed by atoms with van der Waals surface area (Å²) < 4.78 is 21.7. The number of hydrogen-bond acceptors (Lipinski definition) is 12. The van der Waals surface area contributed by atoms with Crippen LogP contribution in [0.4, 0.5) is 27.3 Å². The van der Waals surface area contributed by atoms with E-state index in [4.69, 9.17) is 16.3 Å². The Morgan fingerprint density at radius 3 is 2.35 bits per heavy atom. The number of piperidine rings is 2. The lowest BCUT2D eigenvalue weighted by Gasteiger charge is -2.38. The van der Waals surface area contributed by atoms with Crippen molar-refractivity contribution in [3.05, 3.63) is 131 Å². The van der Waals surface area contributed by atoms with Crippen molar-refractivity contribution in [3.63, 3.8) is 0 Å². The molecule has 6 aromatic rings. The standard InChI is InChI=1S/C49H45ClFN9O6/c50-38-26-33(66-32-4-2-1-3-5-32)8-10-35(38)44(62)37-27-52-45-43(37)46(54-28-53-45)55-30-6-11-40(39(51)24-30)59-18-15-29(16-19-59)14-17-57-20-22-58(23-21-57)31-7-9-34-36(25-31)49(65)60(48(34)64)41-12-13-42(61)56-47(41)63/h1-11,24-29,41H,12-23H2,(H,56,61,63)(H2,52,53,54,55). The van der Waals surface area contributed by atoms with Gasteiger partial charge in [0.15, 0.2) is 5.78 Å². The number of hydrogen-bond donors (Lipinski definition) is 3. The summed E-state index contributed by atoms with van der Waals surface area (Å²) in [5.74, 6) is -0.734. The quantitative estimate of drug-likeness (QED) is 0.0825. The summed E-state index contributed by atoms with van der Waals surface area (Å²) in [6.07, 6.45) is 6.09. The Balaban J connectivity index is 0.710. The number of carbonyl (C=O) groups is 5. The average molecular weight is 910 g/mol. The third-order valence-corrected chi connectivity index (χ3v) is 13.4. The van der Waals surface area contributed by atoms with Gasteiger partial charge < -0.3 is 24.8 Å². The molecule has 10 rings (SSSR count). The lowest BCUT2D eigenvalue weighted by Crippen LogP contribution is -2.54. The number of H-pyrrole nitrogens is 1. The molecule has 0 bridgehead atoms. The number of imide groups is 2. The second-order valence-electron chi connectivity index (χ2n) is 17.1. The fraction of sp³-hybridized carbons (Fsp3) is 0.286. The second-order valence-corrected chi connectivity index (χ2v) is 17.5. The van der Waals surface area contributed by atoms with Gasteiger partial charge in [0, 0.05) is 74.9 Å². The predicted octanol–water partition coefficient (Wildman–Crippen LogP) is 7.35. The molecule has 0 radical (unpaired) electrons. The number of benzene rings is 4. The van der Waals surface area contributed by atoms with E-state index in [-0.39, 0.29) is 46.2 Å². The monoisotopic (exact) mass is 909 g/mol. The van der Waals surface area contributed by atoms with E-state index < -0.39 is 29.7 Å². The van der Waals surface area contributed by atoms with Crippen molar-refractivity contribution < 1.29 is 33.1 Å². The molecular weight excluding hydrogens is 865 g/mol. The molecule has 0 saturated carbocycles. The molecule has 4 aromatic carbocycles. The number of carbonyl (C=O) groups excluding carboxylic acids is 5. The van der Waals surface area contributed by atoms with Gasteiger partial charge in [-0.15, -0.1) is 0 Å². The van der Waals surface area contributed by atoms with Crippen LogP contribution in [-0.2, 0) is 9.59 Å². The maximum atomic E-state index is 15.8. The van der Waals surface area contributed by atoms with E-state index >= 15 is 4.39 Å². The fourth-order valence-corrected chi connectivity index (χ4v) is 9.70. The predicted molar refractivity (Wildman–Crippen MR) is 246 cm³/mol. The van der Waals surface area contributed by atoms with Gasteiger partial charge in [-0.1, -0.05) is 29.8 Å². The lowest BCUT2D eigenvalue weighted by atomic mass is 9.93. The van der Waals surface area contributed by atoms with Gasteiger partial charge in [0.05, 0.1) is 32.8 Å². The van der Waals surface area contributed by atoms with Gasteiger partial charge in [-0.05, 0) is 98.8 Å². The molecule has 17 heteroatoms. The van der Waals surface area contributed by atoms with Gasteiger partial charge in [-0.3, -0.25) is 39.1 Å². The van der Waals surface area contributed by atoms with E-state index in [0.29, 0.717) is 51.2 Å². The maximum Gasteiger partial charge on any atom is 0.262 e. The number of halogens is 2. The SMILES string of the molecule is O=C1CCC(N2C(=O)c3ccc(N4CCN(CCC5CCN(c6ccc(Nc7ncnc8[nH]cc(C(=O)c9ccc(Oc%10ccccc%10)cc9Cl)c78)cc6F)CC5)CC4)cc3C2=O)C(=O)N1. The summed E-state index contributed by atoms with van der Waals surface area (Å²) in [5.41, 5.74) is 3.46. The second kappa shape index (κ2) is 18.0. The molecule has 66 heavy (non-hydrogen) atoms. The molecule has 6 heterocycles. The summed E-state index contributed by atoms with van der Waals surface area (Å²) in [6, 6.07) is 23.5. The number of aromatic amines is 1. The summed E-state index contributed by atoms with van der Waals surface area (Å²) in [6.45, 7) is 5.68. The molecule has 3 saturated heterocycles. The average Bonchev–Trinajstić information content (AvgIpc) is 3.87. The van der Waals surface area contributed by atoms with Crippen molar-refractivity contribution in [2.75, 3.05) is 60.9 Å². The molecule has 4 aliphatic rings. The highest BCUT2D eigenvalue weighted by Gasteiger charge is 2.45. The molecule has 0 aliphatic carbocycles. The Bertz CT molecular complexity index is 2900. The number of nitrogens with zero attached hydrogens (tertiary/aromatic N) is 6. The molecule has 15 nitrogen and oxygen atoms in total. The van der Waals surface area contributed by atoms with Crippen LogP contribution in [0.15, 0.2) is 97.5 Å². The minimum Gasteiger partial charge on any atom is -0.457 e. The Labute approximate surface area is 383 Å². The highest BCUT2D eigenvalue weighted by molar-refractivity contribution is 6.36. The number of fused-ring (bicyclic) bond motifs is 2. The molecule has 0 spiro atoms. The maximum absolute atomic E-state index is 15.8. The van der Waals surface area contributed by atoms with Crippen molar-refractivity contribution in [2.45, 2.75) is 38.1 Å². The van der Waals surface area contributed by atoms with Crippen molar-refractivity contribution in [2.24, 2.45) is 5.92 Å². The van der Waals surface area contributed by atoms with Crippen LogP contribution >= 0.6 is 11.6 Å². The van der Waals surface area contributed by atoms with Gasteiger partial charge in [-0.25, -0.2) is 14.4 Å². The summed E-state index contributed by atoms with van der Waals surface area (Å²) >= 11 is 6.61. The number of anilines is 4. The smallest absolute Gasteiger partial charge is 0.262 e. The molecule has 336 valence electrons. The van der Waals surface area contributed by atoms with E-state index in [2.05, 4.69) is 40.3 Å². The lowest BCUT2D eigenvalue weighted by molar-refractivity contribution is -0.136. The van der Waals surface area contributed by atoms with Crippen molar-refractivity contribution in [3.8, 4) is 11.5 Å². The number of para-hydroxylation sites is 1. The van der Waals surface area contributed by atoms with E-state index in [0.717, 1.165) is 75.7 Å². The van der Waals surface area contributed by atoms with Gasteiger partial charge >= 0.3 is 0 Å². The van der Waals surface area contributed by atoms with E-state index in [1.54, 1.807) is 42.6 Å². The zero-order valence-electron chi connectivity index (χ0n) is 35.8. The van der Waals surface area contributed by atoms with Crippen molar-refractivity contribution >= 4 is 74.9 Å². The zero-order chi connectivity index (χ0) is 45.5. The summed E-state index contributed by atoms with van der Waals surface area (Å²) in [4.78, 5) is 84.0. The highest BCUT2D eigenvalue weighted by atomic mass is 35.5. The van der Waals surface area contributed by atoms with E-state index in [9.17, 15) is 24.0 Å². The van der Waals surface area contributed by atoms with Gasteiger partial charge in [0.2, 0.25) is 11.8 Å². The van der Waals surface area contributed by atoms with E-state index in [1.807, 2.05) is 42.5 Å². The van der Waals surface area contributed by atoms with Crippen LogP contribution in [0.1, 0.15) is 68.7 Å². The minimum absolute atomic E-state index is 0.0773. The van der Waals surface area contributed by atoms with Crippen LogP contribution in [-0.4, -0.2) is 106 Å². The molecule has 4 amide bonds. The Morgan fingerprint density at radius 1 is 0.803 bits per heavy atom. The molecule has 1 unspecified atom stereocenters. The molecule has 4 aliphatic heterocycles. The Morgan fingerprint density at radius 2 is 1.59 bits per heavy atom. The molecule has 3 N–H and O–H groups in total. The van der Waals surface area contributed by atoms with Crippen LogP contribution in [0.5, 0.6) is 11.5 Å². The normalized spacial score (nSPS) is 18.2. The number of ether oxygens (including phenoxy) is 1. The van der Waals surface area contributed by atoms with Crippen LogP contribution in [0, 0.1) is 11.7 Å². The highest BCUT2D eigenvalue weighted by Crippen LogP contribution is 2.35. The van der Waals surface area contributed by atoms with Gasteiger partial charge in [0.1, 0.15) is 41.2 Å². The van der Waals surface area contributed by atoms with Crippen molar-refractivity contribution in [1.29, 1.82) is 0 Å². The Hall–Kier alpha value is -7.17. The number of rotatable bonds is 12. The first kappa shape index (κ1) is 42.8. The first-order valence-corrected chi connectivity index (χ1v) is 22.5. The number of aromatic nitrogens is 3. The molecular formula is C49H45ClFN9O6. The van der Waals surface area contributed by atoms with Gasteiger partial charge in [-0.2, -0.15) is 0 Å². The molecule has 3 fully saturated rings. The largest absolute Gasteiger partial charge is 0.457 e. The van der Waals surface area contributed by atoms with Crippen LogP contribution in [0.2, 0.25) is 5.02 Å². The zero-order valence-corrected chi connectivity index (χ0v) is 36.5. The summed E-state index contributed by atoms with van der Waals surface area (Å²) in [5, 5.41) is 6.12. The minimum atomic E-state index is -0.991. The third kappa shape index (κ3) is 8.44. The van der Waals surface area contributed by atoms with Gasteiger partial charge in [0.25, 0.3) is 11.8 Å².